The largest absolute Gasteiger partial charge is 0.479 e. The van der Waals surface area contributed by atoms with E-state index in [1.54, 1.807) is 25.5 Å². The summed E-state index contributed by atoms with van der Waals surface area (Å²) in [6, 6.07) is 0. The van der Waals surface area contributed by atoms with E-state index < -0.39 is 18.5 Å². The van der Waals surface area contributed by atoms with Gasteiger partial charge in [-0.3, -0.25) is 0 Å². The number of carbonyl (C=O) groups excluding carboxylic acids is 1. The third-order valence-electron chi connectivity index (χ3n) is 2.65. The van der Waals surface area contributed by atoms with Gasteiger partial charge in [-0.2, -0.15) is 0 Å². The Kier molecular flexibility index (Phi) is 3.77. The van der Waals surface area contributed by atoms with E-state index in [1.807, 2.05) is 0 Å². The topological polar surface area (TPSA) is 77.8 Å². The number of carboxylic acids is 1. The van der Waals surface area contributed by atoms with Crippen LogP contribution in [-0.2, 0) is 16.6 Å². The lowest BCUT2D eigenvalue weighted by molar-refractivity contribution is -0.139. The van der Waals surface area contributed by atoms with Crippen LogP contribution in [0.25, 0.3) is 0 Å². The molecule has 94 valence electrons. The number of aliphatic carboxylic acids is 1. The van der Waals surface area contributed by atoms with Gasteiger partial charge < -0.3 is 19.1 Å². The van der Waals surface area contributed by atoms with E-state index in [-0.39, 0.29) is 11.3 Å². The molecule has 6 heteroatoms. The molecule has 1 aromatic rings. The van der Waals surface area contributed by atoms with E-state index >= 15 is 0 Å². The summed E-state index contributed by atoms with van der Waals surface area (Å²) < 4.78 is 11.5. The number of rotatable bonds is 4. The maximum Gasteiger partial charge on any atom is 0.343 e. The molecular formula is C11H15NO5. The van der Waals surface area contributed by atoms with Gasteiger partial charge in [0.15, 0.2) is 12.4 Å². The summed E-state index contributed by atoms with van der Waals surface area (Å²) in [5.41, 5.74) is 1.63. The number of carboxylic acid groups (broad SMARTS) is 1. The first kappa shape index (κ1) is 13.1. The Balaban J connectivity index is 3.21. The molecule has 0 spiro atoms. The van der Waals surface area contributed by atoms with Gasteiger partial charge in [0, 0.05) is 12.7 Å². The van der Waals surface area contributed by atoms with Gasteiger partial charge in [-0.25, -0.2) is 9.59 Å². The molecule has 0 amide bonds. The zero-order valence-corrected chi connectivity index (χ0v) is 10.2. The van der Waals surface area contributed by atoms with Crippen LogP contribution in [0.3, 0.4) is 0 Å². The van der Waals surface area contributed by atoms with Crippen molar-refractivity contribution in [2.24, 2.45) is 7.05 Å². The second kappa shape index (κ2) is 4.90. The maximum absolute atomic E-state index is 11.6. The molecule has 0 aliphatic carbocycles. The van der Waals surface area contributed by atoms with E-state index in [0.29, 0.717) is 11.4 Å². The summed E-state index contributed by atoms with van der Waals surface area (Å²) in [5.74, 6) is -1.37. The Morgan fingerprint density at radius 1 is 1.29 bits per heavy atom. The van der Waals surface area contributed by atoms with E-state index in [9.17, 15) is 9.59 Å². The molecule has 0 fully saturated rings. The van der Waals surface area contributed by atoms with Crippen LogP contribution in [0.2, 0.25) is 0 Å². The number of hydrogen-bond donors (Lipinski definition) is 1. The maximum atomic E-state index is 11.6. The second-order valence-electron chi connectivity index (χ2n) is 3.61. The monoisotopic (exact) mass is 241 g/mol. The van der Waals surface area contributed by atoms with Gasteiger partial charge in [-0.15, -0.1) is 0 Å². The third kappa shape index (κ3) is 2.41. The molecule has 0 radical (unpaired) electrons. The van der Waals surface area contributed by atoms with Crippen molar-refractivity contribution in [1.82, 2.24) is 4.57 Å². The lowest BCUT2D eigenvalue weighted by Gasteiger charge is -2.05. The van der Waals surface area contributed by atoms with Crippen LogP contribution in [0.1, 0.15) is 21.7 Å². The van der Waals surface area contributed by atoms with E-state index in [2.05, 4.69) is 4.74 Å². The van der Waals surface area contributed by atoms with Crippen molar-refractivity contribution in [2.45, 2.75) is 13.8 Å². The van der Waals surface area contributed by atoms with Crippen LogP contribution < -0.4 is 4.74 Å². The Morgan fingerprint density at radius 3 is 2.35 bits per heavy atom. The molecule has 1 N–H and O–H groups in total. The van der Waals surface area contributed by atoms with Crippen molar-refractivity contribution in [3.05, 3.63) is 17.0 Å². The minimum Gasteiger partial charge on any atom is -0.479 e. The molecule has 0 aromatic carbocycles. The molecule has 17 heavy (non-hydrogen) atoms. The highest BCUT2D eigenvalue weighted by atomic mass is 16.5. The average Bonchev–Trinajstić information content (AvgIpc) is 2.50. The minimum absolute atomic E-state index is 0.263. The molecule has 0 saturated heterocycles. The van der Waals surface area contributed by atoms with Crippen molar-refractivity contribution in [3.63, 3.8) is 0 Å². The van der Waals surface area contributed by atoms with Crippen LogP contribution >= 0.6 is 0 Å². The van der Waals surface area contributed by atoms with Crippen molar-refractivity contribution in [3.8, 4) is 5.75 Å². The Bertz CT molecular complexity index is 461. The summed E-state index contributed by atoms with van der Waals surface area (Å²) in [7, 11) is 3.04. The van der Waals surface area contributed by atoms with Gasteiger partial charge in [0.25, 0.3) is 0 Å². The zero-order valence-electron chi connectivity index (χ0n) is 10.2. The first-order chi connectivity index (χ1) is 7.90. The van der Waals surface area contributed by atoms with Crippen molar-refractivity contribution >= 4 is 11.9 Å². The second-order valence-corrected chi connectivity index (χ2v) is 3.61. The molecule has 0 aliphatic heterocycles. The number of nitrogens with zero attached hydrogens (tertiary/aromatic N) is 1. The summed E-state index contributed by atoms with van der Waals surface area (Å²) in [6.45, 7) is 3.00. The van der Waals surface area contributed by atoms with Crippen LogP contribution in [0.4, 0.5) is 0 Å². The first-order valence-corrected chi connectivity index (χ1v) is 4.99. The molecule has 6 nitrogen and oxygen atoms in total. The van der Waals surface area contributed by atoms with Crippen LogP contribution in [-0.4, -0.2) is 35.3 Å². The fraction of sp³-hybridized carbons (Fsp3) is 0.455. The molecule has 1 aromatic heterocycles. The van der Waals surface area contributed by atoms with Crippen LogP contribution in [0, 0.1) is 13.8 Å². The summed E-state index contributed by atoms with van der Waals surface area (Å²) in [4.78, 5) is 22.1. The van der Waals surface area contributed by atoms with Gasteiger partial charge in [-0.1, -0.05) is 0 Å². The SMILES string of the molecule is COC(=O)c1c(OCC(=O)O)c(C)n(C)c1C. The Labute approximate surface area is 98.7 Å². The number of carbonyl (C=O) groups is 2. The molecule has 0 aliphatic rings. The lowest BCUT2D eigenvalue weighted by atomic mass is 10.2. The molecule has 1 heterocycles. The number of methoxy groups -OCH3 is 1. The number of aromatic nitrogens is 1. The predicted molar refractivity (Wildman–Crippen MR) is 59.4 cm³/mol. The quantitative estimate of drug-likeness (QED) is 0.792. The van der Waals surface area contributed by atoms with Crippen molar-refractivity contribution in [1.29, 1.82) is 0 Å². The molecule has 0 bridgehead atoms. The summed E-state index contributed by atoms with van der Waals surface area (Å²) in [5, 5.41) is 8.58. The third-order valence-corrected chi connectivity index (χ3v) is 2.65. The Morgan fingerprint density at radius 2 is 1.88 bits per heavy atom. The smallest absolute Gasteiger partial charge is 0.343 e. The van der Waals surface area contributed by atoms with Gasteiger partial charge >= 0.3 is 11.9 Å². The lowest BCUT2D eigenvalue weighted by Crippen LogP contribution is -2.12. The van der Waals surface area contributed by atoms with Crippen molar-refractivity contribution < 1.29 is 24.2 Å². The summed E-state index contributed by atoms with van der Waals surface area (Å²) >= 11 is 0. The number of esters is 1. The fourth-order valence-corrected chi connectivity index (χ4v) is 1.57. The average molecular weight is 241 g/mol. The molecule has 0 saturated carbocycles. The van der Waals surface area contributed by atoms with E-state index in [4.69, 9.17) is 9.84 Å². The highest BCUT2D eigenvalue weighted by molar-refractivity contribution is 5.94. The summed E-state index contributed by atoms with van der Waals surface area (Å²) in [6.07, 6.45) is 0. The molecule has 0 atom stereocenters. The normalized spacial score (nSPS) is 10.1. The predicted octanol–water partition coefficient (Wildman–Crippen LogP) is 0.892. The molecule has 0 unspecified atom stereocenters. The highest BCUT2D eigenvalue weighted by Gasteiger charge is 2.24. The van der Waals surface area contributed by atoms with E-state index in [0.717, 1.165) is 0 Å². The van der Waals surface area contributed by atoms with Gasteiger partial charge in [-0.05, 0) is 13.8 Å². The standard InChI is InChI=1S/C11H15NO5/c1-6-9(11(15)16-4)10(7(2)12(6)3)17-5-8(13)14/h5H2,1-4H3,(H,13,14). The van der Waals surface area contributed by atoms with Gasteiger partial charge in [0.1, 0.15) is 5.56 Å². The zero-order chi connectivity index (χ0) is 13.2. The van der Waals surface area contributed by atoms with Crippen molar-refractivity contribution in [2.75, 3.05) is 13.7 Å². The molecule has 1 rings (SSSR count). The fourth-order valence-electron chi connectivity index (χ4n) is 1.57. The molecular weight excluding hydrogens is 226 g/mol. The van der Waals surface area contributed by atoms with E-state index in [1.165, 1.54) is 7.11 Å². The first-order valence-electron chi connectivity index (χ1n) is 4.99. The Hall–Kier alpha value is -1.98. The number of hydrogen-bond acceptors (Lipinski definition) is 4. The van der Waals surface area contributed by atoms with Gasteiger partial charge in [0.05, 0.1) is 12.8 Å². The van der Waals surface area contributed by atoms with Crippen LogP contribution in [0.5, 0.6) is 5.75 Å². The van der Waals surface area contributed by atoms with Gasteiger partial charge in [0.2, 0.25) is 0 Å². The number of ether oxygens (including phenoxy) is 2. The minimum atomic E-state index is -1.10. The highest BCUT2D eigenvalue weighted by Crippen LogP contribution is 2.29. The van der Waals surface area contributed by atoms with Crippen LogP contribution in [0.15, 0.2) is 0 Å².